The van der Waals surface area contributed by atoms with E-state index in [4.69, 9.17) is 22.6 Å². The van der Waals surface area contributed by atoms with Gasteiger partial charge in [0.05, 0.1) is 17.2 Å². The molecule has 2 N–H and O–H groups in total. The third kappa shape index (κ3) is 1.55. The Labute approximate surface area is 74.4 Å². The number of halogens is 1. The average Bonchev–Trinajstić information content (AvgIpc) is 2.04. The Balaban J connectivity index is 3.34. The molecular formula is C8H5ClN2O. The lowest BCUT2D eigenvalue weighted by Gasteiger charge is -1.98. The topological polar surface area (TPSA) is 66.9 Å². The molecule has 1 amide bonds. The lowest BCUT2D eigenvalue weighted by atomic mass is 10.1. The van der Waals surface area contributed by atoms with Crippen LogP contribution in [0.15, 0.2) is 18.2 Å². The van der Waals surface area contributed by atoms with Crippen molar-refractivity contribution in [2.45, 2.75) is 0 Å². The molecule has 0 aromatic heterocycles. The van der Waals surface area contributed by atoms with Crippen LogP contribution < -0.4 is 5.73 Å². The molecule has 0 heterocycles. The summed E-state index contributed by atoms with van der Waals surface area (Å²) in [5.74, 6) is -0.644. The molecule has 0 bridgehead atoms. The van der Waals surface area contributed by atoms with Crippen molar-refractivity contribution in [2.75, 3.05) is 0 Å². The highest BCUT2D eigenvalue weighted by Gasteiger charge is 2.07. The Morgan fingerprint density at radius 2 is 2.25 bits per heavy atom. The van der Waals surface area contributed by atoms with E-state index in [0.29, 0.717) is 5.02 Å². The number of hydrogen-bond acceptors (Lipinski definition) is 2. The zero-order valence-corrected chi connectivity index (χ0v) is 6.80. The number of primary amides is 1. The quantitative estimate of drug-likeness (QED) is 0.708. The minimum Gasteiger partial charge on any atom is -0.366 e. The first-order valence-corrected chi connectivity index (χ1v) is 3.52. The summed E-state index contributed by atoms with van der Waals surface area (Å²) >= 11 is 5.60. The lowest BCUT2D eigenvalue weighted by Crippen LogP contribution is -2.12. The zero-order valence-electron chi connectivity index (χ0n) is 6.04. The van der Waals surface area contributed by atoms with Crippen LogP contribution in [-0.4, -0.2) is 5.91 Å². The van der Waals surface area contributed by atoms with E-state index in [1.807, 2.05) is 6.07 Å². The van der Waals surface area contributed by atoms with E-state index < -0.39 is 5.91 Å². The molecule has 0 spiro atoms. The fourth-order valence-electron chi connectivity index (χ4n) is 0.818. The number of carbonyl (C=O) groups excluding carboxylic acids is 1. The van der Waals surface area contributed by atoms with Crippen molar-refractivity contribution in [1.82, 2.24) is 0 Å². The summed E-state index contributed by atoms with van der Waals surface area (Å²) in [5.41, 5.74) is 5.41. The molecule has 4 heteroatoms. The SMILES string of the molecule is N#Cc1ccc(Cl)cc1C(N)=O. The summed E-state index contributed by atoms with van der Waals surface area (Å²) in [6.45, 7) is 0. The van der Waals surface area contributed by atoms with Gasteiger partial charge < -0.3 is 5.73 Å². The van der Waals surface area contributed by atoms with Gasteiger partial charge in [0.25, 0.3) is 0 Å². The van der Waals surface area contributed by atoms with Crippen LogP contribution in [0.4, 0.5) is 0 Å². The van der Waals surface area contributed by atoms with Crippen LogP contribution >= 0.6 is 11.6 Å². The molecule has 0 saturated heterocycles. The monoisotopic (exact) mass is 180 g/mol. The van der Waals surface area contributed by atoms with Crippen LogP contribution in [0.3, 0.4) is 0 Å². The van der Waals surface area contributed by atoms with Crippen molar-refractivity contribution < 1.29 is 4.79 Å². The molecule has 0 atom stereocenters. The largest absolute Gasteiger partial charge is 0.366 e. The molecule has 1 rings (SSSR count). The van der Waals surface area contributed by atoms with Crippen molar-refractivity contribution in [1.29, 1.82) is 5.26 Å². The molecule has 0 aliphatic carbocycles. The van der Waals surface area contributed by atoms with Crippen LogP contribution in [0.25, 0.3) is 0 Å². The highest BCUT2D eigenvalue weighted by Crippen LogP contribution is 2.14. The predicted molar refractivity (Wildman–Crippen MR) is 44.7 cm³/mol. The Hall–Kier alpha value is -1.53. The Morgan fingerprint density at radius 3 is 2.75 bits per heavy atom. The second-order valence-electron chi connectivity index (χ2n) is 2.17. The molecule has 0 aliphatic rings. The highest BCUT2D eigenvalue weighted by molar-refractivity contribution is 6.31. The number of nitrogens with two attached hydrogens (primary N) is 1. The van der Waals surface area contributed by atoms with Gasteiger partial charge in [-0.1, -0.05) is 11.6 Å². The number of carbonyl (C=O) groups is 1. The number of hydrogen-bond donors (Lipinski definition) is 1. The molecule has 0 unspecified atom stereocenters. The standard InChI is InChI=1S/C8H5ClN2O/c9-6-2-1-5(4-10)7(3-6)8(11)12/h1-3H,(H2,11,12). The number of nitriles is 1. The van der Waals surface area contributed by atoms with Crippen LogP contribution in [-0.2, 0) is 0 Å². The van der Waals surface area contributed by atoms with Gasteiger partial charge in [0.15, 0.2) is 0 Å². The minimum atomic E-state index is -0.644. The molecule has 1 aromatic carbocycles. The van der Waals surface area contributed by atoms with Gasteiger partial charge in [0, 0.05) is 5.02 Å². The van der Waals surface area contributed by atoms with Crippen molar-refractivity contribution in [2.24, 2.45) is 5.73 Å². The number of amides is 1. The maximum atomic E-state index is 10.7. The Kier molecular flexibility index (Phi) is 2.32. The van der Waals surface area contributed by atoms with Gasteiger partial charge in [-0.3, -0.25) is 4.79 Å². The molecule has 60 valence electrons. The maximum Gasteiger partial charge on any atom is 0.250 e. The Bertz CT molecular complexity index is 368. The third-order valence-corrected chi connectivity index (χ3v) is 1.60. The fraction of sp³-hybridized carbons (Fsp3) is 0. The van der Waals surface area contributed by atoms with Crippen LogP contribution in [0, 0.1) is 11.3 Å². The van der Waals surface area contributed by atoms with Crippen LogP contribution in [0.2, 0.25) is 5.02 Å². The first-order valence-electron chi connectivity index (χ1n) is 3.14. The van der Waals surface area contributed by atoms with Crippen molar-refractivity contribution in [3.05, 3.63) is 34.3 Å². The van der Waals surface area contributed by atoms with Crippen molar-refractivity contribution in [3.8, 4) is 6.07 Å². The van der Waals surface area contributed by atoms with Gasteiger partial charge in [-0.25, -0.2) is 0 Å². The third-order valence-electron chi connectivity index (χ3n) is 1.37. The summed E-state index contributed by atoms with van der Waals surface area (Å²) in [7, 11) is 0. The molecule has 12 heavy (non-hydrogen) atoms. The van der Waals surface area contributed by atoms with Crippen LogP contribution in [0.1, 0.15) is 15.9 Å². The van der Waals surface area contributed by atoms with Gasteiger partial charge >= 0.3 is 0 Å². The molecule has 0 aliphatic heterocycles. The summed E-state index contributed by atoms with van der Waals surface area (Å²) in [4.78, 5) is 10.7. The van der Waals surface area contributed by atoms with E-state index >= 15 is 0 Å². The second-order valence-corrected chi connectivity index (χ2v) is 2.60. The van der Waals surface area contributed by atoms with Gasteiger partial charge in [0.1, 0.15) is 0 Å². The highest BCUT2D eigenvalue weighted by atomic mass is 35.5. The second kappa shape index (κ2) is 3.24. The van der Waals surface area contributed by atoms with Gasteiger partial charge in [-0.05, 0) is 18.2 Å². The normalized spacial score (nSPS) is 9.00. The summed E-state index contributed by atoms with van der Waals surface area (Å²) in [6.07, 6.45) is 0. The van der Waals surface area contributed by atoms with E-state index in [1.54, 1.807) is 0 Å². The van der Waals surface area contributed by atoms with Crippen LogP contribution in [0.5, 0.6) is 0 Å². The van der Waals surface area contributed by atoms with Gasteiger partial charge in [-0.2, -0.15) is 5.26 Å². The van der Waals surface area contributed by atoms with E-state index in [0.717, 1.165) is 0 Å². The lowest BCUT2D eigenvalue weighted by molar-refractivity contribution is 0.1000. The first-order chi connectivity index (χ1) is 5.65. The number of nitrogens with zero attached hydrogens (tertiary/aromatic N) is 1. The van der Waals surface area contributed by atoms with Crippen molar-refractivity contribution >= 4 is 17.5 Å². The molecular weight excluding hydrogens is 176 g/mol. The fourth-order valence-corrected chi connectivity index (χ4v) is 0.990. The molecule has 1 aromatic rings. The molecule has 3 nitrogen and oxygen atoms in total. The van der Waals surface area contributed by atoms with E-state index in [-0.39, 0.29) is 11.1 Å². The smallest absolute Gasteiger partial charge is 0.250 e. The summed E-state index contributed by atoms with van der Waals surface area (Å²) in [6, 6.07) is 6.22. The Morgan fingerprint density at radius 1 is 1.58 bits per heavy atom. The van der Waals surface area contributed by atoms with Gasteiger partial charge in [0.2, 0.25) is 5.91 Å². The maximum absolute atomic E-state index is 10.7. The van der Waals surface area contributed by atoms with Crippen molar-refractivity contribution in [3.63, 3.8) is 0 Å². The summed E-state index contributed by atoms with van der Waals surface area (Å²) < 4.78 is 0. The van der Waals surface area contributed by atoms with Gasteiger partial charge in [-0.15, -0.1) is 0 Å². The molecule has 0 radical (unpaired) electrons. The average molecular weight is 181 g/mol. The van der Waals surface area contributed by atoms with E-state index in [1.165, 1.54) is 18.2 Å². The van der Waals surface area contributed by atoms with E-state index in [2.05, 4.69) is 0 Å². The number of rotatable bonds is 1. The minimum absolute atomic E-state index is 0.157. The first kappa shape index (κ1) is 8.57. The summed E-state index contributed by atoms with van der Waals surface area (Å²) in [5, 5.41) is 8.95. The zero-order chi connectivity index (χ0) is 9.14. The molecule has 0 saturated carbocycles. The predicted octanol–water partition coefficient (Wildman–Crippen LogP) is 1.31. The number of benzene rings is 1. The van der Waals surface area contributed by atoms with E-state index in [9.17, 15) is 4.79 Å². The molecule has 0 fully saturated rings.